The van der Waals surface area contributed by atoms with Crippen LogP contribution in [-0.2, 0) is 0 Å². The van der Waals surface area contributed by atoms with E-state index in [0.29, 0.717) is 12.1 Å². The summed E-state index contributed by atoms with van der Waals surface area (Å²) in [7, 11) is 4.46. The van der Waals surface area contributed by atoms with Gasteiger partial charge in [-0.2, -0.15) is 0 Å². The molecule has 0 radical (unpaired) electrons. The summed E-state index contributed by atoms with van der Waals surface area (Å²) in [6, 6.07) is 1.02. The van der Waals surface area contributed by atoms with Crippen molar-refractivity contribution in [2.24, 2.45) is 11.8 Å². The van der Waals surface area contributed by atoms with Crippen molar-refractivity contribution in [3.05, 3.63) is 0 Å². The second kappa shape index (κ2) is 5.45. The number of hydrogen-bond acceptors (Lipinski definition) is 4. The summed E-state index contributed by atoms with van der Waals surface area (Å²) in [5.41, 5.74) is 3.05. The number of hydrazine groups is 1. The fourth-order valence-corrected chi connectivity index (χ4v) is 2.79. The Labute approximate surface area is 99.1 Å². The van der Waals surface area contributed by atoms with Gasteiger partial charge in [0, 0.05) is 18.6 Å². The molecule has 1 aliphatic heterocycles. The standard InChI is InChI=1S/C12H26N4/c1-15-6-3-7-16(2)12(9-15)11(14-13)8-10-4-5-10/h10-12,14H,3-9,13H2,1-2H3. The minimum atomic E-state index is 0.457. The number of rotatable bonds is 4. The lowest BCUT2D eigenvalue weighted by Crippen LogP contribution is -2.54. The molecule has 2 unspecified atom stereocenters. The van der Waals surface area contributed by atoms with Gasteiger partial charge in [-0.15, -0.1) is 0 Å². The van der Waals surface area contributed by atoms with Crippen LogP contribution in [0.1, 0.15) is 25.7 Å². The molecule has 2 rings (SSSR count). The van der Waals surface area contributed by atoms with E-state index in [9.17, 15) is 0 Å². The van der Waals surface area contributed by atoms with E-state index in [1.165, 1.54) is 38.8 Å². The third kappa shape index (κ3) is 3.17. The number of nitrogens with one attached hydrogen (secondary N) is 1. The summed E-state index contributed by atoms with van der Waals surface area (Å²) < 4.78 is 0. The molecule has 4 nitrogen and oxygen atoms in total. The lowest BCUT2D eigenvalue weighted by molar-refractivity contribution is 0.169. The first-order valence-corrected chi connectivity index (χ1v) is 6.55. The predicted molar refractivity (Wildman–Crippen MR) is 67.0 cm³/mol. The van der Waals surface area contributed by atoms with Crippen molar-refractivity contribution in [1.82, 2.24) is 15.2 Å². The van der Waals surface area contributed by atoms with Crippen molar-refractivity contribution >= 4 is 0 Å². The quantitative estimate of drug-likeness (QED) is 0.533. The van der Waals surface area contributed by atoms with Crippen molar-refractivity contribution in [2.75, 3.05) is 33.7 Å². The van der Waals surface area contributed by atoms with E-state index in [1.54, 1.807) is 0 Å². The van der Waals surface area contributed by atoms with Crippen LogP contribution in [-0.4, -0.2) is 55.6 Å². The van der Waals surface area contributed by atoms with Gasteiger partial charge in [-0.1, -0.05) is 12.8 Å². The first kappa shape index (κ1) is 12.3. The van der Waals surface area contributed by atoms with Gasteiger partial charge < -0.3 is 9.80 Å². The van der Waals surface area contributed by atoms with Crippen LogP contribution in [0.5, 0.6) is 0 Å². The minimum Gasteiger partial charge on any atom is -0.305 e. The van der Waals surface area contributed by atoms with Gasteiger partial charge in [-0.05, 0) is 45.9 Å². The molecule has 0 bridgehead atoms. The number of hydrogen-bond donors (Lipinski definition) is 2. The molecule has 94 valence electrons. The first-order valence-electron chi connectivity index (χ1n) is 6.55. The predicted octanol–water partition coefficient (Wildman–Crippen LogP) is 0.254. The Hall–Kier alpha value is -0.160. The monoisotopic (exact) mass is 226 g/mol. The van der Waals surface area contributed by atoms with E-state index in [4.69, 9.17) is 5.84 Å². The molecular formula is C12H26N4. The molecule has 1 heterocycles. The average molecular weight is 226 g/mol. The topological polar surface area (TPSA) is 44.5 Å². The zero-order valence-corrected chi connectivity index (χ0v) is 10.7. The maximum Gasteiger partial charge on any atom is 0.0386 e. The van der Waals surface area contributed by atoms with E-state index in [-0.39, 0.29) is 0 Å². The van der Waals surface area contributed by atoms with E-state index >= 15 is 0 Å². The molecule has 0 amide bonds. The second-order valence-corrected chi connectivity index (χ2v) is 5.62. The summed E-state index contributed by atoms with van der Waals surface area (Å²) >= 11 is 0. The molecule has 1 aliphatic carbocycles. The van der Waals surface area contributed by atoms with Crippen LogP contribution in [0.3, 0.4) is 0 Å². The third-order valence-electron chi connectivity index (χ3n) is 4.08. The van der Waals surface area contributed by atoms with Crippen LogP contribution in [0.25, 0.3) is 0 Å². The molecule has 2 aliphatic rings. The fourth-order valence-electron chi connectivity index (χ4n) is 2.79. The van der Waals surface area contributed by atoms with Crippen LogP contribution in [0.15, 0.2) is 0 Å². The van der Waals surface area contributed by atoms with Gasteiger partial charge in [-0.25, -0.2) is 0 Å². The fraction of sp³-hybridized carbons (Fsp3) is 1.00. The highest BCUT2D eigenvalue weighted by Crippen LogP contribution is 2.34. The van der Waals surface area contributed by atoms with E-state index < -0.39 is 0 Å². The van der Waals surface area contributed by atoms with Crippen molar-refractivity contribution < 1.29 is 0 Å². The molecule has 0 spiro atoms. The van der Waals surface area contributed by atoms with Crippen molar-refractivity contribution in [1.29, 1.82) is 0 Å². The normalized spacial score (nSPS) is 31.3. The highest BCUT2D eigenvalue weighted by Gasteiger charge is 2.32. The highest BCUT2D eigenvalue weighted by molar-refractivity contribution is 4.90. The maximum atomic E-state index is 5.74. The summed E-state index contributed by atoms with van der Waals surface area (Å²) in [6.45, 7) is 3.54. The van der Waals surface area contributed by atoms with E-state index in [0.717, 1.165) is 12.5 Å². The minimum absolute atomic E-state index is 0.457. The first-order chi connectivity index (χ1) is 7.70. The van der Waals surface area contributed by atoms with E-state index in [2.05, 4.69) is 29.3 Å². The molecule has 0 aromatic carbocycles. The highest BCUT2D eigenvalue weighted by atomic mass is 15.3. The second-order valence-electron chi connectivity index (χ2n) is 5.62. The van der Waals surface area contributed by atoms with Crippen LogP contribution >= 0.6 is 0 Å². The molecule has 2 fully saturated rings. The third-order valence-corrected chi connectivity index (χ3v) is 4.08. The van der Waals surface area contributed by atoms with Crippen LogP contribution < -0.4 is 11.3 Å². The van der Waals surface area contributed by atoms with Gasteiger partial charge in [0.05, 0.1) is 0 Å². The molecule has 4 heteroatoms. The summed E-state index contributed by atoms with van der Waals surface area (Å²) in [5, 5.41) is 0. The van der Waals surface area contributed by atoms with Gasteiger partial charge >= 0.3 is 0 Å². The average Bonchev–Trinajstić information content (AvgIpc) is 3.06. The Morgan fingerprint density at radius 3 is 2.69 bits per heavy atom. The Morgan fingerprint density at radius 2 is 2.06 bits per heavy atom. The lowest BCUT2D eigenvalue weighted by Gasteiger charge is -2.34. The van der Waals surface area contributed by atoms with Crippen LogP contribution in [0.4, 0.5) is 0 Å². The van der Waals surface area contributed by atoms with Gasteiger partial charge in [-0.3, -0.25) is 11.3 Å². The Morgan fingerprint density at radius 1 is 1.31 bits per heavy atom. The zero-order valence-electron chi connectivity index (χ0n) is 10.7. The molecule has 0 aromatic heterocycles. The molecule has 1 saturated carbocycles. The maximum absolute atomic E-state index is 5.74. The SMILES string of the molecule is CN1CCCN(C)C(C(CC2CC2)NN)C1. The molecule has 3 N–H and O–H groups in total. The van der Waals surface area contributed by atoms with Crippen LogP contribution in [0, 0.1) is 5.92 Å². The van der Waals surface area contributed by atoms with Crippen molar-refractivity contribution in [2.45, 2.75) is 37.8 Å². The van der Waals surface area contributed by atoms with Gasteiger partial charge in [0.25, 0.3) is 0 Å². The zero-order chi connectivity index (χ0) is 11.5. The van der Waals surface area contributed by atoms with Crippen molar-refractivity contribution in [3.63, 3.8) is 0 Å². The van der Waals surface area contributed by atoms with E-state index in [1.807, 2.05) is 0 Å². The Balaban J connectivity index is 1.95. The Bertz CT molecular complexity index is 217. The van der Waals surface area contributed by atoms with Gasteiger partial charge in [0.15, 0.2) is 0 Å². The summed E-state index contributed by atoms with van der Waals surface area (Å²) in [4.78, 5) is 4.92. The number of nitrogens with two attached hydrogens (primary N) is 1. The molecule has 16 heavy (non-hydrogen) atoms. The number of likely N-dealkylation sites (N-methyl/N-ethyl adjacent to an activating group) is 2. The van der Waals surface area contributed by atoms with Gasteiger partial charge in [0.2, 0.25) is 0 Å². The van der Waals surface area contributed by atoms with Crippen molar-refractivity contribution in [3.8, 4) is 0 Å². The molecule has 0 aromatic rings. The molecule has 2 atom stereocenters. The van der Waals surface area contributed by atoms with Crippen LogP contribution in [0.2, 0.25) is 0 Å². The van der Waals surface area contributed by atoms with Gasteiger partial charge in [0.1, 0.15) is 0 Å². The molecular weight excluding hydrogens is 200 g/mol. The molecule has 1 saturated heterocycles. The smallest absolute Gasteiger partial charge is 0.0386 e. The Kier molecular flexibility index (Phi) is 4.19. The summed E-state index contributed by atoms with van der Waals surface area (Å²) in [6.07, 6.45) is 5.33. The largest absolute Gasteiger partial charge is 0.305 e. The lowest BCUT2D eigenvalue weighted by atomic mass is 10.0. The summed E-state index contributed by atoms with van der Waals surface area (Å²) in [5.74, 6) is 6.68. The number of nitrogens with zero attached hydrogens (tertiary/aromatic N) is 2.